The Morgan fingerprint density at radius 3 is 2.69 bits per heavy atom. The first-order valence-corrected chi connectivity index (χ1v) is 10.3. The number of piperidine rings is 1. The van der Waals surface area contributed by atoms with E-state index in [1.165, 1.54) is 5.56 Å². The summed E-state index contributed by atoms with van der Waals surface area (Å²) in [6.45, 7) is 2.54. The van der Waals surface area contributed by atoms with Crippen molar-refractivity contribution in [3.63, 3.8) is 0 Å². The van der Waals surface area contributed by atoms with Gasteiger partial charge in [-0.2, -0.15) is 0 Å². The summed E-state index contributed by atoms with van der Waals surface area (Å²) in [6, 6.07) is 11.4. The van der Waals surface area contributed by atoms with Gasteiger partial charge in [-0.15, -0.1) is 0 Å². The second kappa shape index (κ2) is 8.94. The van der Waals surface area contributed by atoms with Gasteiger partial charge in [-0.05, 0) is 49.2 Å². The summed E-state index contributed by atoms with van der Waals surface area (Å²) in [5.74, 6) is -0.120. The minimum atomic E-state index is -0.0820. The number of benzene rings is 2. The zero-order valence-electron chi connectivity index (χ0n) is 13.9. The summed E-state index contributed by atoms with van der Waals surface area (Å²) in [5, 5.41) is 4.01. The van der Waals surface area contributed by atoms with Crippen LogP contribution in [0, 0.1) is 5.92 Å². The second-order valence-corrected chi connectivity index (χ2v) is 8.58. The van der Waals surface area contributed by atoms with Crippen LogP contribution in [-0.4, -0.2) is 23.9 Å². The third-order valence-corrected chi connectivity index (χ3v) is 5.97. The lowest BCUT2D eigenvalue weighted by Gasteiger charge is -2.32. The maximum absolute atomic E-state index is 12.7. The standard InChI is InChI=1S/C19H18BrCl3N2O/c20-14-5-1-3-12(7-14)10-25-6-2-4-13(11-25)19(26)24-18-9-16(22)15(21)8-17(18)23/h1,3,5,7-9,13H,2,4,6,10-11H2,(H,24,26). The average Bonchev–Trinajstić information content (AvgIpc) is 2.60. The molecule has 3 rings (SSSR count). The number of rotatable bonds is 4. The Morgan fingerprint density at radius 2 is 1.92 bits per heavy atom. The van der Waals surface area contributed by atoms with Gasteiger partial charge in [0.1, 0.15) is 0 Å². The predicted molar refractivity (Wildman–Crippen MR) is 112 cm³/mol. The van der Waals surface area contributed by atoms with E-state index >= 15 is 0 Å². The largest absolute Gasteiger partial charge is 0.324 e. The van der Waals surface area contributed by atoms with Gasteiger partial charge < -0.3 is 5.32 Å². The first-order chi connectivity index (χ1) is 12.4. The van der Waals surface area contributed by atoms with Crippen LogP contribution in [0.3, 0.4) is 0 Å². The molecular weight excluding hydrogens is 458 g/mol. The van der Waals surface area contributed by atoms with E-state index in [9.17, 15) is 4.79 Å². The van der Waals surface area contributed by atoms with E-state index in [4.69, 9.17) is 34.8 Å². The molecule has 1 heterocycles. The quantitative estimate of drug-likeness (QED) is 0.528. The highest BCUT2D eigenvalue weighted by atomic mass is 79.9. The molecule has 1 aliphatic heterocycles. The summed E-state index contributed by atoms with van der Waals surface area (Å²) in [4.78, 5) is 15.0. The highest BCUT2D eigenvalue weighted by Crippen LogP contribution is 2.33. The maximum atomic E-state index is 12.7. The number of carbonyl (C=O) groups is 1. The van der Waals surface area contributed by atoms with Crippen molar-refractivity contribution >= 4 is 62.3 Å². The molecule has 26 heavy (non-hydrogen) atoms. The lowest BCUT2D eigenvalue weighted by molar-refractivity contribution is -0.121. The molecular formula is C19H18BrCl3N2O. The molecule has 0 spiro atoms. The minimum Gasteiger partial charge on any atom is -0.324 e. The first-order valence-electron chi connectivity index (χ1n) is 8.34. The van der Waals surface area contributed by atoms with E-state index in [2.05, 4.69) is 38.3 Å². The van der Waals surface area contributed by atoms with Crippen LogP contribution in [0.4, 0.5) is 5.69 Å². The van der Waals surface area contributed by atoms with Crippen molar-refractivity contribution in [1.82, 2.24) is 4.90 Å². The third kappa shape index (κ3) is 5.14. The van der Waals surface area contributed by atoms with Crippen molar-refractivity contribution in [1.29, 1.82) is 0 Å². The molecule has 0 radical (unpaired) electrons. The number of carbonyl (C=O) groups excluding carboxylic acids is 1. The molecule has 7 heteroatoms. The fraction of sp³-hybridized carbons (Fsp3) is 0.316. The first kappa shape index (κ1) is 20.0. The Kier molecular flexibility index (Phi) is 6.87. The molecule has 138 valence electrons. The lowest BCUT2D eigenvalue weighted by Crippen LogP contribution is -2.40. The minimum absolute atomic E-state index is 0.0377. The van der Waals surface area contributed by atoms with Crippen LogP contribution < -0.4 is 5.32 Å². The van der Waals surface area contributed by atoms with E-state index in [0.29, 0.717) is 20.8 Å². The highest BCUT2D eigenvalue weighted by Gasteiger charge is 2.26. The number of hydrogen-bond donors (Lipinski definition) is 1. The van der Waals surface area contributed by atoms with E-state index < -0.39 is 0 Å². The van der Waals surface area contributed by atoms with Crippen molar-refractivity contribution in [3.05, 3.63) is 61.5 Å². The van der Waals surface area contributed by atoms with Crippen LogP contribution in [0.15, 0.2) is 40.9 Å². The third-order valence-electron chi connectivity index (χ3n) is 4.44. The molecule has 1 amide bonds. The fourth-order valence-corrected chi connectivity index (χ4v) is 4.20. The second-order valence-electron chi connectivity index (χ2n) is 6.44. The molecule has 2 aromatic rings. The smallest absolute Gasteiger partial charge is 0.228 e. The molecule has 2 aromatic carbocycles. The normalized spacial score (nSPS) is 17.9. The van der Waals surface area contributed by atoms with Crippen molar-refractivity contribution in [3.8, 4) is 0 Å². The molecule has 1 unspecified atom stereocenters. The van der Waals surface area contributed by atoms with E-state index in [1.54, 1.807) is 12.1 Å². The fourth-order valence-electron chi connectivity index (χ4n) is 3.16. The zero-order chi connectivity index (χ0) is 18.7. The van der Waals surface area contributed by atoms with Crippen LogP contribution >= 0.6 is 50.7 Å². The number of anilines is 1. The SMILES string of the molecule is O=C(Nc1cc(Cl)c(Cl)cc1Cl)C1CCCN(Cc2cccc(Br)c2)C1. The number of amides is 1. The van der Waals surface area contributed by atoms with Crippen LogP contribution in [0.2, 0.25) is 15.1 Å². The number of hydrogen-bond acceptors (Lipinski definition) is 2. The Balaban J connectivity index is 1.64. The van der Waals surface area contributed by atoms with Gasteiger partial charge in [-0.25, -0.2) is 0 Å². The molecule has 1 fully saturated rings. The topological polar surface area (TPSA) is 32.3 Å². The highest BCUT2D eigenvalue weighted by molar-refractivity contribution is 9.10. The Hall–Kier alpha value is -0.780. The van der Waals surface area contributed by atoms with E-state index in [0.717, 1.165) is 36.9 Å². The van der Waals surface area contributed by atoms with E-state index in [-0.39, 0.29) is 11.8 Å². The number of nitrogens with one attached hydrogen (secondary N) is 1. The summed E-state index contributed by atoms with van der Waals surface area (Å²) in [7, 11) is 0. The van der Waals surface area contributed by atoms with Gasteiger partial charge >= 0.3 is 0 Å². The molecule has 1 aliphatic rings. The molecule has 3 nitrogen and oxygen atoms in total. The van der Waals surface area contributed by atoms with Crippen LogP contribution in [0.1, 0.15) is 18.4 Å². The zero-order valence-corrected chi connectivity index (χ0v) is 17.8. The van der Waals surface area contributed by atoms with Crippen molar-refractivity contribution < 1.29 is 4.79 Å². The van der Waals surface area contributed by atoms with Crippen LogP contribution in [-0.2, 0) is 11.3 Å². The molecule has 0 aromatic heterocycles. The number of halogens is 4. The lowest BCUT2D eigenvalue weighted by atomic mass is 9.96. The van der Waals surface area contributed by atoms with Gasteiger partial charge in [0.25, 0.3) is 0 Å². The summed E-state index contributed by atoms with van der Waals surface area (Å²) < 4.78 is 1.07. The predicted octanol–water partition coefficient (Wildman–Crippen LogP) is 6.26. The van der Waals surface area contributed by atoms with Gasteiger partial charge in [0.05, 0.1) is 26.7 Å². The Labute approximate surface area is 176 Å². The Bertz CT molecular complexity index is 815. The summed E-state index contributed by atoms with van der Waals surface area (Å²) in [5.41, 5.74) is 1.73. The van der Waals surface area contributed by atoms with Crippen molar-refractivity contribution in [2.45, 2.75) is 19.4 Å². The molecule has 0 saturated carbocycles. The summed E-state index contributed by atoms with van der Waals surface area (Å²) in [6.07, 6.45) is 1.85. The van der Waals surface area contributed by atoms with E-state index in [1.807, 2.05) is 12.1 Å². The molecule has 1 atom stereocenters. The molecule has 1 saturated heterocycles. The molecule has 0 bridgehead atoms. The maximum Gasteiger partial charge on any atom is 0.228 e. The molecule has 0 aliphatic carbocycles. The van der Waals surface area contributed by atoms with Gasteiger partial charge in [0.2, 0.25) is 5.91 Å². The van der Waals surface area contributed by atoms with Crippen molar-refractivity contribution in [2.75, 3.05) is 18.4 Å². The number of nitrogens with zero attached hydrogens (tertiary/aromatic N) is 1. The number of likely N-dealkylation sites (tertiary alicyclic amines) is 1. The van der Waals surface area contributed by atoms with Gasteiger partial charge in [-0.1, -0.05) is 62.9 Å². The monoisotopic (exact) mass is 474 g/mol. The van der Waals surface area contributed by atoms with Crippen LogP contribution in [0.5, 0.6) is 0 Å². The van der Waals surface area contributed by atoms with Crippen molar-refractivity contribution in [2.24, 2.45) is 5.92 Å². The van der Waals surface area contributed by atoms with Crippen LogP contribution in [0.25, 0.3) is 0 Å². The summed E-state index contributed by atoms with van der Waals surface area (Å²) >= 11 is 21.6. The molecule has 1 N–H and O–H groups in total. The average molecular weight is 477 g/mol. The van der Waals surface area contributed by atoms with Gasteiger partial charge in [0.15, 0.2) is 0 Å². The van der Waals surface area contributed by atoms with Gasteiger partial charge in [0, 0.05) is 17.6 Å². The van der Waals surface area contributed by atoms with Gasteiger partial charge in [-0.3, -0.25) is 9.69 Å². The Morgan fingerprint density at radius 1 is 1.15 bits per heavy atom.